The number of benzene rings is 1. The Kier molecular flexibility index (Phi) is 3.43. The predicted molar refractivity (Wildman–Crippen MR) is 72.4 cm³/mol. The molecule has 1 aliphatic rings. The molecule has 0 radical (unpaired) electrons. The van der Waals surface area contributed by atoms with E-state index < -0.39 is 5.60 Å². The summed E-state index contributed by atoms with van der Waals surface area (Å²) >= 11 is 0. The first-order valence-corrected chi connectivity index (χ1v) is 6.51. The second kappa shape index (κ2) is 4.69. The summed E-state index contributed by atoms with van der Waals surface area (Å²) in [7, 11) is 0. The maximum absolute atomic E-state index is 10.1. The molecule has 1 aromatic carbocycles. The van der Waals surface area contributed by atoms with Gasteiger partial charge in [0.25, 0.3) is 0 Å². The van der Waals surface area contributed by atoms with Gasteiger partial charge in [0.15, 0.2) is 0 Å². The highest BCUT2D eigenvalue weighted by Crippen LogP contribution is 2.29. The van der Waals surface area contributed by atoms with Gasteiger partial charge in [-0.25, -0.2) is 0 Å². The molecular formula is C15H23NO. The van der Waals surface area contributed by atoms with E-state index in [2.05, 4.69) is 36.1 Å². The van der Waals surface area contributed by atoms with Crippen LogP contribution in [0.5, 0.6) is 0 Å². The van der Waals surface area contributed by atoms with Gasteiger partial charge < -0.3 is 10.0 Å². The van der Waals surface area contributed by atoms with Gasteiger partial charge in [-0.3, -0.25) is 0 Å². The molecule has 0 unspecified atom stereocenters. The molecule has 1 aliphatic heterocycles. The van der Waals surface area contributed by atoms with Crippen LogP contribution in [0, 0.1) is 12.8 Å². The first kappa shape index (κ1) is 12.4. The summed E-state index contributed by atoms with van der Waals surface area (Å²) in [5, 5.41) is 10.1. The van der Waals surface area contributed by atoms with Crippen LogP contribution < -0.4 is 4.90 Å². The van der Waals surface area contributed by atoms with Gasteiger partial charge in [-0.2, -0.15) is 0 Å². The molecule has 1 aromatic rings. The molecule has 2 nitrogen and oxygen atoms in total. The van der Waals surface area contributed by atoms with Crippen molar-refractivity contribution in [2.75, 3.05) is 18.0 Å². The molecule has 17 heavy (non-hydrogen) atoms. The van der Waals surface area contributed by atoms with E-state index in [0.29, 0.717) is 5.92 Å². The van der Waals surface area contributed by atoms with Crippen molar-refractivity contribution in [2.24, 2.45) is 5.92 Å². The zero-order valence-electron chi connectivity index (χ0n) is 11.1. The van der Waals surface area contributed by atoms with Crippen molar-refractivity contribution in [3.8, 4) is 0 Å². The topological polar surface area (TPSA) is 23.5 Å². The highest BCUT2D eigenvalue weighted by molar-refractivity contribution is 5.47. The summed E-state index contributed by atoms with van der Waals surface area (Å²) in [6, 6.07) is 8.68. The highest BCUT2D eigenvalue weighted by atomic mass is 16.3. The fourth-order valence-corrected chi connectivity index (χ4v) is 2.54. The van der Waals surface area contributed by atoms with Crippen LogP contribution in [-0.2, 0) is 0 Å². The van der Waals surface area contributed by atoms with Crippen LogP contribution >= 0.6 is 0 Å². The molecule has 1 N–H and O–H groups in total. The molecule has 2 heteroatoms. The smallest absolute Gasteiger partial charge is 0.0636 e. The van der Waals surface area contributed by atoms with Crippen LogP contribution in [0.15, 0.2) is 24.3 Å². The SMILES string of the molecule is Cc1ccc(N2CCC[C@H](C(C)(C)O)C2)cc1. The Labute approximate surface area is 104 Å². The third kappa shape index (κ3) is 3.01. The molecule has 2 rings (SSSR count). The summed E-state index contributed by atoms with van der Waals surface area (Å²) in [6.45, 7) is 8.04. The first-order valence-electron chi connectivity index (χ1n) is 6.51. The first-order chi connectivity index (χ1) is 7.97. The lowest BCUT2D eigenvalue weighted by atomic mass is 9.84. The van der Waals surface area contributed by atoms with E-state index in [0.717, 1.165) is 19.5 Å². The van der Waals surface area contributed by atoms with E-state index in [1.54, 1.807) is 0 Å². The van der Waals surface area contributed by atoms with Gasteiger partial charge in [0.1, 0.15) is 0 Å². The molecule has 0 spiro atoms. The van der Waals surface area contributed by atoms with Crippen LogP contribution in [0.2, 0.25) is 0 Å². The molecule has 0 bridgehead atoms. The zero-order chi connectivity index (χ0) is 12.5. The third-order valence-corrected chi connectivity index (χ3v) is 3.82. The lowest BCUT2D eigenvalue weighted by Crippen LogP contribution is -2.44. The van der Waals surface area contributed by atoms with Gasteiger partial charge in [0.05, 0.1) is 5.60 Å². The minimum Gasteiger partial charge on any atom is -0.390 e. The van der Waals surface area contributed by atoms with E-state index in [1.165, 1.54) is 17.7 Å². The van der Waals surface area contributed by atoms with Crippen LogP contribution in [-0.4, -0.2) is 23.8 Å². The van der Waals surface area contributed by atoms with Gasteiger partial charge in [0, 0.05) is 24.7 Å². The molecule has 1 fully saturated rings. The normalized spacial score (nSPS) is 21.6. The lowest BCUT2D eigenvalue weighted by molar-refractivity contribution is 0.0110. The number of aliphatic hydroxyl groups is 1. The fourth-order valence-electron chi connectivity index (χ4n) is 2.54. The Morgan fingerprint density at radius 2 is 1.88 bits per heavy atom. The second-order valence-corrected chi connectivity index (χ2v) is 5.77. The van der Waals surface area contributed by atoms with Crippen molar-refractivity contribution in [3.05, 3.63) is 29.8 Å². The number of hydrogen-bond acceptors (Lipinski definition) is 2. The number of hydrogen-bond donors (Lipinski definition) is 1. The van der Waals surface area contributed by atoms with Gasteiger partial charge in [-0.05, 0) is 45.7 Å². The molecule has 0 saturated carbocycles. The highest BCUT2D eigenvalue weighted by Gasteiger charge is 2.31. The standard InChI is InChI=1S/C15H23NO/c1-12-6-8-14(9-7-12)16-10-4-5-13(11-16)15(2,3)17/h6-9,13,17H,4-5,10-11H2,1-3H3/t13-/m0/s1. The second-order valence-electron chi connectivity index (χ2n) is 5.77. The number of aryl methyl sites for hydroxylation is 1. The average molecular weight is 233 g/mol. The Balaban J connectivity index is 2.09. The zero-order valence-corrected chi connectivity index (χ0v) is 11.1. The lowest BCUT2D eigenvalue weighted by Gasteiger charge is -2.39. The van der Waals surface area contributed by atoms with E-state index in [4.69, 9.17) is 0 Å². The summed E-state index contributed by atoms with van der Waals surface area (Å²) in [5.74, 6) is 0.373. The summed E-state index contributed by atoms with van der Waals surface area (Å²) in [5.41, 5.74) is 2.01. The number of piperidine rings is 1. The summed E-state index contributed by atoms with van der Waals surface area (Å²) < 4.78 is 0. The molecule has 1 heterocycles. The molecule has 1 atom stereocenters. The molecule has 0 aliphatic carbocycles. The Bertz CT molecular complexity index is 364. The van der Waals surface area contributed by atoms with Crippen LogP contribution in [0.25, 0.3) is 0 Å². The number of anilines is 1. The Hall–Kier alpha value is -1.02. The third-order valence-electron chi connectivity index (χ3n) is 3.82. The molecule has 0 amide bonds. The monoisotopic (exact) mass is 233 g/mol. The van der Waals surface area contributed by atoms with Gasteiger partial charge in [0.2, 0.25) is 0 Å². The van der Waals surface area contributed by atoms with E-state index in [-0.39, 0.29) is 0 Å². The number of rotatable bonds is 2. The predicted octanol–water partition coefficient (Wildman–Crippen LogP) is 2.98. The van der Waals surface area contributed by atoms with E-state index >= 15 is 0 Å². The molecule has 0 aromatic heterocycles. The summed E-state index contributed by atoms with van der Waals surface area (Å²) in [6.07, 6.45) is 2.30. The van der Waals surface area contributed by atoms with Gasteiger partial charge >= 0.3 is 0 Å². The van der Waals surface area contributed by atoms with Crippen molar-refractivity contribution < 1.29 is 5.11 Å². The van der Waals surface area contributed by atoms with Crippen molar-refractivity contribution in [3.63, 3.8) is 0 Å². The summed E-state index contributed by atoms with van der Waals surface area (Å²) in [4.78, 5) is 2.39. The van der Waals surface area contributed by atoms with Crippen LogP contribution in [0.1, 0.15) is 32.3 Å². The Morgan fingerprint density at radius 3 is 2.47 bits per heavy atom. The van der Waals surface area contributed by atoms with Gasteiger partial charge in [-0.15, -0.1) is 0 Å². The van der Waals surface area contributed by atoms with Crippen molar-refractivity contribution in [1.29, 1.82) is 0 Å². The fraction of sp³-hybridized carbons (Fsp3) is 0.600. The van der Waals surface area contributed by atoms with E-state index in [1.807, 2.05) is 13.8 Å². The van der Waals surface area contributed by atoms with E-state index in [9.17, 15) is 5.11 Å². The minimum absolute atomic E-state index is 0.373. The number of nitrogens with zero attached hydrogens (tertiary/aromatic N) is 1. The van der Waals surface area contributed by atoms with Crippen LogP contribution in [0.3, 0.4) is 0 Å². The maximum Gasteiger partial charge on any atom is 0.0636 e. The molecular weight excluding hydrogens is 210 g/mol. The minimum atomic E-state index is -0.566. The maximum atomic E-state index is 10.1. The quantitative estimate of drug-likeness (QED) is 0.849. The van der Waals surface area contributed by atoms with Crippen LogP contribution in [0.4, 0.5) is 5.69 Å². The van der Waals surface area contributed by atoms with Crippen molar-refractivity contribution in [2.45, 2.75) is 39.2 Å². The van der Waals surface area contributed by atoms with Gasteiger partial charge in [-0.1, -0.05) is 17.7 Å². The Morgan fingerprint density at radius 1 is 1.24 bits per heavy atom. The largest absolute Gasteiger partial charge is 0.390 e. The molecule has 94 valence electrons. The van der Waals surface area contributed by atoms with Crippen molar-refractivity contribution in [1.82, 2.24) is 0 Å². The van der Waals surface area contributed by atoms with Crippen molar-refractivity contribution >= 4 is 5.69 Å². The average Bonchev–Trinajstić information content (AvgIpc) is 2.29. The molecule has 1 saturated heterocycles.